The Balaban J connectivity index is 2.07. The Morgan fingerprint density at radius 3 is 2.62 bits per heavy atom. The number of anilines is 1. The van der Waals surface area contributed by atoms with Gasteiger partial charge < -0.3 is 16.0 Å². The second kappa shape index (κ2) is 8.66. The minimum atomic E-state index is -0.452. The van der Waals surface area contributed by atoms with Crippen LogP contribution in [-0.2, 0) is 6.54 Å². The van der Waals surface area contributed by atoms with Crippen molar-refractivity contribution < 1.29 is 9.59 Å². The van der Waals surface area contributed by atoms with Gasteiger partial charge in [0, 0.05) is 18.2 Å². The fraction of sp³-hybridized carbons (Fsp3) is 0.412. The number of aryl methyl sites for hydroxylation is 1. The van der Waals surface area contributed by atoms with Gasteiger partial charge in [-0.25, -0.2) is 14.5 Å². The number of benzene rings is 1. The summed E-state index contributed by atoms with van der Waals surface area (Å²) in [5.74, 6) is 0.420. The maximum atomic E-state index is 12.3. The third-order valence-electron chi connectivity index (χ3n) is 3.58. The van der Waals surface area contributed by atoms with Crippen LogP contribution in [0.2, 0.25) is 5.02 Å². The van der Waals surface area contributed by atoms with Gasteiger partial charge in [-0.1, -0.05) is 11.6 Å². The lowest BCUT2D eigenvalue weighted by atomic mass is 10.1. The van der Waals surface area contributed by atoms with Gasteiger partial charge in [0.25, 0.3) is 5.91 Å². The number of aromatic nitrogens is 3. The second-order valence-electron chi connectivity index (χ2n) is 6.08. The van der Waals surface area contributed by atoms with E-state index in [0.29, 0.717) is 28.6 Å². The summed E-state index contributed by atoms with van der Waals surface area (Å²) in [6, 6.07) is 3.93. The zero-order valence-electron chi connectivity index (χ0n) is 15.2. The minimum Gasteiger partial charge on any atom is -0.350 e. The van der Waals surface area contributed by atoms with Crippen LogP contribution in [0.3, 0.4) is 0 Å². The average molecular weight is 379 g/mol. The first-order valence-corrected chi connectivity index (χ1v) is 8.75. The highest BCUT2D eigenvalue weighted by molar-refractivity contribution is 6.33. The molecule has 1 heterocycles. The lowest BCUT2D eigenvalue weighted by molar-refractivity contribution is 0.0943. The van der Waals surface area contributed by atoms with E-state index in [0.717, 1.165) is 0 Å². The molecule has 3 amide bonds. The van der Waals surface area contributed by atoms with Crippen molar-refractivity contribution in [1.29, 1.82) is 0 Å². The summed E-state index contributed by atoms with van der Waals surface area (Å²) in [6.45, 7) is 8.15. The molecule has 140 valence electrons. The number of nitrogens with one attached hydrogen (secondary N) is 3. The molecule has 3 N–H and O–H groups in total. The molecule has 0 aliphatic heterocycles. The summed E-state index contributed by atoms with van der Waals surface area (Å²) in [5, 5.41) is 12.7. The third kappa shape index (κ3) is 4.95. The van der Waals surface area contributed by atoms with Gasteiger partial charge in [-0.05, 0) is 45.9 Å². The Hall–Kier alpha value is -2.61. The van der Waals surface area contributed by atoms with Crippen molar-refractivity contribution in [1.82, 2.24) is 25.4 Å². The Morgan fingerprint density at radius 2 is 1.96 bits per heavy atom. The van der Waals surface area contributed by atoms with Gasteiger partial charge in [0.15, 0.2) is 0 Å². The first-order valence-electron chi connectivity index (χ1n) is 8.37. The lowest BCUT2D eigenvalue weighted by Crippen LogP contribution is -2.33. The van der Waals surface area contributed by atoms with Gasteiger partial charge in [-0.15, -0.1) is 0 Å². The molecule has 2 rings (SSSR count). The van der Waals surface area contributed by atoms with Crippen LogP contribution in [-0.4, -0.2) is 32.7 Å². The smallest absolute Gasteiger partial charge is 0.319 e. The van der Waals surface area contributed by atoms with Crippen molar-refractivity contribution in [3.05, 3.63) is 40.9 Å². The SMILES string of the molecule is CCn1ncnc1[C@H](C)NC(=O)Nc1cc(C(=O)NC(C)C)ccc1Cl. The molecule has 0 saturated heterocycles. The molecule has 1 aromatic carbocycles. The molecule has 0 saturated carbocycles. The van der Waals surface area contributed by atoms with Gasteiger partial charge in [0.1, 0.15) is 12.2 Å². The largest absolute Gasteiger partial charge is 0.350 e. The van der Waals surface area contributed by atoms with E-state index in [2.05, 4.69) is 26.0 Å². The van der Waals surface area contributed by atoms with Crippen molar-refractivity contribution in [2.45, 2.75) is 46.3 Å². The van der Waals surface area contributed by atoms with Crippen LogP contribution in [0.1, 0.15) is 49.9 Å². The molecule has 0 aliphatic rings. The fourth-order valence-electron chi connectivity index (χ4n) is 2.38. The quantitative estimate of drug-likeness (QED) is 0.719. The minimum absolute atomic E-state index is 0.00894. The molecule has 0 bridgehead atoms. The van der Waals surface area contributed by atoms with Crippen molar-refractivity contribution in [3.8, 4) is 0 Å². The Bertz CT molecular complexity index is 789. The van der Waals surface area contributed by atoms with E-state index >= 15 is 0 Å². The van der Waals surface area contributed by atoms with Gasteiger partial charge in [-0.2, -0.15) is 5.10 Å². The highest BCUT2D eigenvalue weighted by Crippen LogP contribution is 2.23. The van der Waals surface area contributed by atoms with Crippen LogP contribution >= 0.6 is 11.6 Å². The molecular formula is C17H23ClN6O2. The first-order chi connectivity index (χ1) is 12.3. The Kier molecular flexibility index (Phi) is 6.57. The molecule has 26 heavy (non-hydrogen) atoms. The average Bonchev–Trinajstić information content (AvgIpc) is 3.04. The van der Waals surface area contributed by atoms with Crippen molar-refractivity contribution in [2.24, 2.45) is 0 Å². The summed E-state index contributed by atoms with van der Waals surface area (Å²) in [5.41, 5.74) is 0.766. The summed E-state index contributed by atoms with van der Waals surface area (Å²) in [7, 11) is 0. The van der Waals surface area contributed by atoms with Crippen molar-refractivity contribution in [3.63, 3.8) is 0 Å². The van der Waals surface area contributed by atoms with Crippen LogP contribution in [0.15, 0.2) is 24.5 Å². The molecule has 9 heteroatoms. The number of urea groups is 1. The molecular weight excluding hydrogens is 356 g/mol. The van der Waals surface area contributed by atoms with E-state index in [-0.39, 0.29) is 18.0 Å². The molecule has 1 atom stereocenters. The standard InChI is InChI=1S/C17H23ClN6O2/c1-5-24-15(19-9-20-24)11(4)22-17(26)23-14-8-12(6-7-13(14)18)16(25)21-10(2)3/h6-11H,5H2,1-4H3,(H,21,25)(H2,22,23,26)/t11-/m0/s1. The van der Waals surface area contributed by atoms with E-state index in [1.807, 2.05) is 27.7 Å². The van der Waals surface area contributed by atoms with Gasteiger partial charge >= 0.3 is 6.03 Å². The zero-order valence-corrected chi connectivity index (χ0v) is 16.0. The van der Waals surface area contributed by atoms with Crippen LogP contribution in [0.25, 0.3) is 0 Å². The molecule has 1 aromatic heterocycles. The number of rotatable bonds is 6. The number of halogens is 1. The van der Waals surface area contributed by atoms with E-state index in [1.54, 1.807) is 22.9 Å². The molecule has 0 aliphatic carbocycles. The summed E-state index contributed by atoms with van der Waals surface area (Å²) < 4.78 is 1.70. The number of hydrogen-bond acceptors (Lipinski definition) is 4. The second-order valence-corrected chi connectivity index (χ2v) is 6.48. The van der Waals surface area contributed by atoms with E-state index in [9.17, 15) is 9.59 Å². The number of amides is 3. The number of carbonyl (C=O) groups is 2. The van der Waals surface area contributed by atoms with E-state index in [4.69, 9.17) is 11.6 Å². The molecule has 0 spiro atoms. The number of hydrogen-bond donors (Lipinski definition) is 3. The molecule has 0 fully saturated rings. The fourth-order valence-corrected chi connectivity index (χ4v) is 2.54. The monoisotopic (exact) mass is 378 g/mol. The number of nitrogens with zero attached hydrogens (tertiary/aromatic N) is 3. The van der Waals surface area contributed by atoms with Gasteiger partial charge in [-0.3, -0.25) is 4.79 Å². The summed E-state index contributed by atoms with van der Waals surface area (Å²) in [4.78, 5) is 28.6. The van der Waals surface area contributed by atoms with E-state index in [1.165, 1.54) is 6.33 Å². The van der Waals surface area contributed by atoms with Crippen LogP contribution in [0, 0.1) is 0 Å². The third-order valence-corrected chi connectivity index (χ3v) is 3.91. The maximum absolute atomic E-state index is 12.3. The highest BCUT2D eigenvalue weighted by atomic mass is 35.5. The summed E-state index contributed by atoms with van der Waals surface area (Å²) in [6.07, 6.45) is 1.45. The van der Waals surface area contributed by atoms with Crippen molar-refractivity contribution in [2.75, 3.05) is 5.32 Å². The predicted octanol–water partition coefficient (Wildman–Crippen LogP) is 2.97. The van der Waals surface area contributed by atoms with Gasteiger partial charge in [0.05, 0.1) is 16.8 Å². The molecule has 0 radical (unpaired) electrons. The topological polar surface area (TPSA) is 101 Å². The molecule has 8 nitrogen and oxygen atoms in total. The normalized spacial score (nSPS) is 11.9. The van der Waals surface area contributed by atoms with Crippen molar-refractivity contribution >= 4 is 29.2 Å². The highest BCUT2D eigenvalue weighted by Gasteiger charge is 2.16. The summed E-state index contributed by atoms with van der Waals surface area (Å²) >= 11 is 6.13. The molecule has 0 unspecified atom stereocenters. The van der Waals surface area contributed by atoms with Crippen LogP contribution < -0.4 is 16.0 Å². The van der Waals surface area contributed by atoms with Gasteiger partial charge in [0.2, 0.25) is 0 Å². The van der Waals surface area contributed by atoms with Crippen LogP contribution in [0.4, 0.5) is 10.5 Å². The van der Waals surface area contributed by atoms with Crippen LogP contribution in [0.5, 0.6) is 0 Å². The number of carbonyl (C=O) groups excluding carboxylic acids is 2. The Morgan fingerprint density at radius 1 is 1.23 bits per heavy atom. The lowest BCUT2D eigenvalue weighted by Gasteiger charge is -2.16. The molecule has 2 aromatic rings. The maximum Gasteiger partial charge on any atom is 0.319 e. The predicted molar refractivity (Wildman–Crippen MR) is 100 cm³/mol. The first kappa shape index (κ1) is 19.7. The zero-order chi connectivity index (χ0) is 19.3. The van der Waals surface area contributed by atoms with E-state index < -0.39 is 6.03 Å². The Labute approximate surface area is 157 Å².